The summed E-state index contributed by atoms with van der Waals surface area (Å²) in [6, 6.07) is 9.34. The van der Waals surface area contributed by atoms with Gasteiger partial charge in [0.2, 0.25) is 5.78 Å². The van der Waals surface area contributed by atoms with E-state index in [-0.39, 0.29) is 36.1 Å². The fourth-order valence-corrected chi connectivity index (χ4v) is 6.45. The molecule has 0 fully saturated rings. The molecule has 210 valence electrons. The van der Waals surface area contributed by atoms with E-state index in [0.717, 1.165) is 28.8 Å². The number of carbonyl (C=O) groups is 3. The van der Waals surface area contributed by atoms with Crippen molar-refractivity contribution < 1.29 is 34.8 Å². The Hall–Kier alpha value is -3.95. The molecule has 0 spiro atoms. The maximum atomic E-state index is 13.9. The fraction of sp³-hybridized carbons (Fsp3) is 0.387. The van der Waals surface area contributed by atoms with E-state index < -0.39 is 52.0 Å². The van der Waals surface area contributed by atoms with Gasteiger partial charge in [-0.2, -0.15) is 0 Å². The number of hydrogen-bond acceptors (Lipinski definition) is 8. The van der Waals surface area contributed by atoms with Crippen molar-refractivity contribution in [3.63, 3.8) is 0 Å². The Morgan fingerprint density at radius 2 is 1.82 bits per heavy atom. The number of phenols is 1. The number of hydrogen-bond donors (Lipinski definition) is 6. The average Bonchev–Trinajstić information content (AvgIpc) is 2.87. The minimum Gasteiger partial charge on any atom is -0.511 e. The van der Waals surface area contributed by atoms with Gasteiger partial charge < -0.3 is 31.5 Å². The molecule has 3 aliphatic carbocycles. The zero-order valence-corrected chi connectivity index (χ0v) is 22.7. The summed E-state index contributed by atoms with van der Waals surface area (Å²) in [5.41, 5.74) is 6.12. The molecule has 40 heavy (non-hydrogen) atoms. The van der Waals surface area contributed by atoms with Crippen LogP contribution in [0.25, 0.3) is 11.1 Å². The molecule has 7 N–H and O–H groups in total. The third kappa shape index (κ3) is 4.20. The van der Waals surface area contributed by atoms with Crippen LogP contribution in [0.5, 0.6) is 5.75 Å². The highest BCUT2D eigenvalue weighted by molar-refractivity contribution is 6.24. The molecular formula is C31H34N2O7. The van der Waals surface area contributed by atoms with Crippen molar-refractivity contribution in [2.24, 2.45) is 23.5 Å². The van der Waals surface area contributed by atoms with E-state index in [9.17, 15) is 34.8 Å². The highest BCUT2D eigenvalue weighted by Crippen LogP contribution is 2.52. The number of carbonyl (C=O) groups excluding carboxylic acids is 3. The summed E-state index contributed by atoms with van der Waals surface area (Å²) in [6.07, 6.45) is 0.0936. The number of fused-ring (bicyclic) bond motifs is 3. The van der Waals surface area contributed by atoms with Gasteiger partial charge in [-0.25, -0.2) is 0 Å². The molecule has 3 atom stereocenters. The topological polar surface area (TPSA) is 170 Å². The summed E-state index contributed by atoms with van der Waals surface area (Å²) in [6.45, 7) is 7.79. The number of ketones is 2. The average molecular weight is 547 g/mol. The Kier molecular flexibility index (Phi) is 6.84. The summed E-state index contributed by atoms with van der Waals surface area (Å²) in [7, 11) is 0. The first-order valence-electron chi connectivity index (χ1n) is 13.5. The van der Waals surface area contributed by atoms with E-state index in [1.165, 1.54) is 6.07 Å². The molecule has 0 bridgehead atoms. The Morgan fingerprint density at radius 1 is 1.10 bits per heavy atom. The van der Waals surface area contributed by atoms with Gasteiger partial charge in [-0.3, -0.25) is 14.4 Å². The lowest BCUT2D eigenvalue weighted by Crippen LogP contribution is -2.57. The van der Waals surface area contributed by atoms with Gasteiger partial charge >= 0.3 is 0 Å². The maximum absolute atomic E-state index is 13.9. The van der Waals surface area contributed by atoms with Gasteiger partial charge in [0.25, 0.3) is 5.91 Å². The minimum absolute atomic E-state index is 0.0110. The highest BCUT2D eigenvalue weighted by Gasteiger charge is 2.59. The molecule has 1 amide bonds. The second kappa shape index (κ2) is 9.91. The second-order valence-electron chi connectivity index (χ2n) is 11.6. The number of aryl methyl sites for hydroxylation is 1. The predicted molar refractivity (Wildman–Crippen MR) is 148 cm³/mol. The van der Waals surface area contributed by atoms with Crippen LogP contribution in [0.2, 0.25) is 0 Å². The van der Waals surface area contributed by atoms with Gasteiger partial charge in [-0.15, -0.1) is 0 Å². The molecule has 0 saturated heterocycles. The molecular weight excluding hydrogens is 512 g/mol. The van der Waals surface area contributed by atoms with Crippen LogP contribution in [-0.2, 0) is 22.6 Å². The summed E-state index contributed by atoms with van der Waals surface area (Å²) < 4.78 is 0. The predicted octanol–water partition coefficient (Wildman–Crippen LogP) is 3.30. The molecule has 5 rings (SSSR count). The largest absolute Gasteiger partial charge is 0.511 e. The zero-order chi connectivity index (χ0) is 29.1. The normalized spacial score (nSPS) is 24.2. The van der Waals surface area contributed by atoms with Crippen LogP contribution in [-0.4, -0.2) is 50.0 Å². The summed E-state index contributed by atoms with van der Waals surface area (Å²) in [4.78, 5) is 38.8. The van der Waals surface area contributed by atoms with Gasteiger partial charge in [0.15, 0.2) is 11.4 Å². The first-order valence-corrected chi connectivity index (χ1v) is 13.5. The number of primary amides is 1. The van der Waals surface area contributed by atoms with Crippen molar-refractivity contribution in [2.45, 2.75) is 52.2 Å². The van der Waals surface area contributed by atoms with Crippen molar-refractivity contribution in [3.8, 4) is 16.9 Å². The molecule has 0 aliphatic heterocycles. The lowest BCUT2D eigenvalue weighted by Gasteiger charge is -2.45. The number of allylic oxidation sites excluding steroid dienone is 2. The fourth-order valence-electron chi connectivity index (χ4n) is 6.45. The number of benzene rings is 2. The van der Waals surface area contributed by atoms with Crippen LogP contribution in [0.15, 0.2) is 53.0 Å². The lowest BCUT2D eigenvalue weighted by molar-refractivity contribution is -0.144. The van der Waals surface area contributed by atoms with Gasteiger partial charge in [0.05, 0.1) is 5.56 Å². The third-order valence-corrected chi connectivity index (χ3v) is 8.42. The van der Waals surface area contributed by atoms with Gasteiger partial charge in [-0.05, 0) is 78.1 Å². The molecule has 3 aliphatic rings. The van der Waals surface area contributed by atoms with Crippen LogP contribution in [0.3, 0.4) is 0 Å². The number of nitrogens with one attached hydrogen (secondary N) is 1. The summed E-state index contributed by atoms with van der Waals surface area (Å²) >= 11 is 0. The molecule has 2 aromatic carbocycles. The summed E-state index contributed by atoms with van der Waals surface area (Å²) in [5, 5.41) is 47.3. The number of aliphatic hydroxyl groups excluding tert-OH is 2. The lowest BCUT2D eigenvalue weighted by atomic mass is 9.60. The molecule has 0 radical (unpaired) electrons. The van der Waals surface area contributed by atoms with Crippen molar-refractivity contribution in [1.82, 2.24) is 5.32 Å². The molecule has 0 heterocycles. The van der Waals surface area contributed by atoms with Crippen molar-refractivity contribution in [1.29, 1.82) is 0 Å². The Morgan fingerprint density at radius 3 is 2.50 bits per heavy atom. The van der Waals surface area contributed by atoms with Crippen LogP contribution in [0, 0.1) is 24.7 Å². The Labute approximate surface area is 232 Å². The number of nitrogens with two attached hydrogens (primary N) is 1. The number of aromatic hydroxyl groups is 1. The first-order chi connectivity index (χ1) is 18.9. The first kappa shape index (κ1) is 27.6. The second-order valence-corrected chi connectivity index (χ2v) is 11.6. The number of amides is 1. The molecule has 1 unspecified atom stereocenters. The summed E-state index contributed by atoms with van der Waals surface area (Å²) in [5.74, 6) is -5.85. The SMILES string of the molecule is Cc1ccc(CNCC(C)C)cc1-c1ccc(O)c2c1C[C@H]1CC3CC(O)=C(C(N)=O)C(=O)[C@@]3(O)C(O)=C1C2=O. The third-order valence-electron chi connectivity index (χ3n) is 8.42. The van der Waals surface area contributed by atoms with Gasteiger partial charge in [0.1, 0.15) is 22.8 Å². The monoisotopic (exact) mass is 546 g/mol. The van der Waals surface area contributed by atoms with Crippen LogP contribution < -0.4 is 11.1 Å². The van der Waals surface area contributed by atoms with Gasteiger partial charge in [0, 0.05) is 24.5 Å². The zero-order valence-electron chi connectivity index (χ0n) is 22.7. The maximum Gasteiger partial charge on any atom is 0.255 e. The Balaban J connectivity index is 1.60. The van der Waals surface area contributed by atoms with Crippen molar-refractivity contribution in [3.05, 3.63) is 75.3 Å². The Bertz CT molecular complexity index is 1520. The standard InChI is InChI=1S/C31H34N2O7/c1-14(2)12-33-13-16-5-4-15(3)20(8-16)19-6-7-22(34)25-21(19)10-17-9-18-11-23(35)26(30(32)39)29(38)31(18,40)28(37)24(17)27(25)36/h4-8,14,17-18,33-35,37,40H,9-13H2,1-3H3,(H2,32,39)/t17-,18?,31+/m1/s1. The minimum atomic E-state index is -2.57. The number of phenolic OH excluding ortho intramolecular Hbond substituents is 1. The van der Waals surface area contributed by atoms with E-state index in [4.69, 9.17) is 5.73 Å². The van der Waals surface area contributed by atoms with Gasteiger partial charge in [-0.1, -0.05) is 32.0 Å². The van der Waals surface area contributed by atoms with E-state index in [1.807, 2.05) is 19.1 Å². The number of rotatable bonds is 6. The quantitative estimate of drug-likeness (QED) is 0.300. The molecule has 9 nitrogen and oxygen atoms in total. The van der Waals surface area contributed by atoms with Crippen LogP contribution in [0.1, 0.15) is 53.7 Å². The van der Waals surface area contributed by atoms with Crippen molar-refractivity contribution >= 4 is 17.5 Å². The molecule has 9 heteroatoms. The molecule has 0 saturated carbocycles. The molecule has 2 aromatic rings. The van der Waals surface area contributed by atoms with E-state index in [0.29, 0.717) is 18.0 Å². The highest BCUT2D eigenvalue weighted by atomic mass is 16.3. The molecule has 0 aromatic heterocycles. The number of Topliss-reactive ketones (excluding diaryl/α,β-unsaturated/α-hetero) is 2. The number of aliphatic hydroxyl groups is 3. The van der Waals surface area contributed by atoms with E-state index >= 15 is 0 Å². The van der Waals surface area contributed by atoms with E-state index in [1.54, 1.807) is 6.07 Å². The van der Waals surface area contributed by atoms with Crippen molar-refractivity contribution in [2.75, 3.05) is 6.54 Å². The smallest absolute Gasteiger partial charge is 0.255 e. The van der Waals surface area contributed by atoms with Crippen LogP contribution >= 0.6 is 0 Å². The van der Waals surface area contributed by atoms with Crippen LogP contribution in [0.4, 0.5) is 0 Å². The van der Waals surface area contributed by atoms with E-state index in [2.05, 4.69) is 25.2 Å².